The number of esters is 2. The lowest BCUT2D eigenvalue weighted by molar-refractivity contribution is -0.147. The Morgan fingerprint density at radius 2 is 1.83 bits per heavy atom. The summed E-state index contributed by atoms with van der Waals surface area (Å²) in [5.41, 5.74) is 0.000993. The van der Waals surface area contributed by atoms with Crippen molar-refractivity contribution in [1.29, 1.82) is 0 Å². The molecule has 0 radical (unpaired) electrons. The van der Waals surface area contributed by atoms with Crippen LogP contribution in [-0.4, -0.2) is 31.4 Å². The minimum atomic E-state index is -0.716. The average molecular weight is 254 g/mol. The van der Waals surface area contributed by atoms with Crippen LogP contribution in [0.3, 0.4) is 0 Å². The first-order chi connectivity index (χ1) is 8.54. The van der Waals surface area contributed by atoms with Crippen LogP contribution < -0.4 is 0 Å². The van der Waals surface area contributed by atoms with Crippen molar-refractivity contribution in [1.82, 2.24) is 0 Å². The van der Waals surface area contributed by atoms with E-state index < -0.39 is 11.9 Å². The molecule has 1 rings (SSSR count). The zero-order valence-corrected chi connectivity index (χ0v) is 10.6. The van der Waals surface area contributed by atoms with E-state index in [9.17, 15) is 14.4 Å². The van der Waals surface area contributed by atoms with E-state index in [0.29, 0.717) is 0 Å². The standard InChI is InChI=1S/C13H18O5/c1-9(7-12(15)17-2)13(16)18-8-11(14)10-5-3-4-6-10/h10H,1,3-8H2,2H3. The highest BCUT2D eigenvalue weighted by Crippen LogP contribution is 2.25. The van der Waals surface area contributed by atoms with Crippen LogP contribution in [0, 0.1) is 5.92 Å². The molecule has 5 nitrogen and oxygen atoms in total. The van der Waals surface area contributed by atoms with Crippen molar-refractivity contribution in [3.05, 3.63) is 12.2 Å². The summed E-state index contributed by atoms with van der Waals surface area (Å²) in [7, 11) is 1.23. The monoisotopic (exact) mass is 254 g/mol. The van der Waals surface area contributed by atoms with Crippen LogP contribution in [0.2, 0.25) is 0 Å². The van der Waals surface area contributed by atoms with Crippen molar-refractivity contribution in [2.24, 2.45) is 5.92 Å². The Bertz CT molecular complexity index is 352. The highest BCUT2D eigenvalue weighted by molar-refractivity contribution is 5.94. The van der Waals surface area contributed by atoms with Gasteiger partial charge in [-0.3, -0.25) is 9.59 Å². The second-order valence-electron chi connectivity index (χ2n) is 4.38. The minimum Gasteiger partial charge on any atom is -0.469 e. The summed E-state index contributed by atoms with van der Waals surface area (Å²) < 4.78 is 9.23. The lowest BCUT2D eigenvalue weighted by Gasteiger charge is -2.09. The highest BCUT2D eigenvalue weighted by Gasteiger charge is 2.24. The fraction of sp³-hybridized carbons (Fsp3) is 0.615. The average Bonchev–Trinajstić information content (AvgIpc) is 2.88. The molecule has 0 amide bonds. The Labute approximate surface area is 106 Å². The number of rotatable bonds is 6. The van der Waals surface area contributed by atoms with Crippen molar-refractivity contribution in [2.75, 3.05) is 13.7 Å². The molecular weight excluding hydrogens is 236 g/mol. The van der Waals surface area contributed by atoms with Crippen LogP contribution in [-0.2, 0) is 23.9 Å². The highest BCUT2D eigenvalue weighted by atomic mass is 16.5. The van der Waals surface area contributed by atoms with E-state index in [4.69, 9.17) is 4.74 Å². The smallest absolute Gasteiger partial charge is 0.334 e. The van der Waals surface area contributed by atoms with E-state index >= 15 is 0 Å². The molecule has 0 unspecified atom stereocenters. The summed E-state index contributed by atoms with van der Waals surface area (Å²) in [5, 5.41) is 0. The zero-order chi connectivity index (χ0) is 13.5. The van der Waals surface area contributed by atoms with Gasteiger partial charge < -0.3 is 9.47 Å². The van der Waals surface area contributed by atoms with Crippen molar-refractivity contribution in [3.8, 4) is 0 Å². The molecule has 0 heterocycles. The second kappa shape index (κ2) is 6.93. The topological polar surface area (TPSA) is 69.7 Å². The summed E-state index contributed by atoms with van der Waals surface area (Å²) in [5.74, 6) is -1.30. The van der Waals surface area contributed by atoms with Crippen LogP contribution >= 0.6 is 0 Å². The third-order valence-electron chi connectivity index (χ3n) is 3.03. The molecule has 0 aromatic carbocycles. The molecule has 0 aromatic heterocycles. The Hall–Kier alpha value is -1.65. The van der Waals surface area contributed by atoms with E-state index in [-0.39, 0.29) is 30.3 Å². The van der Waals surface area contributed by atoms with Gasteiger partial charge in [0.25, 0.3) is 0 Å². The maximum Gasteiger partial charge on any atom is 0.334 e. The van der Waals surface area contributed by atoms with Gasteiger partial charge in [-0.25, -0.2) is 4.79 Å². The zero-order valence-electron chi connectivity index (χ0n) is 10.6. The summed E-state index contributed by atoms with van der Waals surface area (Å²) in [4.78, 5) is 34.0. The molecule has 5 heteroatoms. The Kier molecular flexibility index (Phi) is 5.55. The summed E-state index contributed by atoms with van der Waals surface area (Å²) in [6, 6.07) is 0. The quantitative estimate of drug-likeness (QED) is 0.529. The lowest BCUT2D eigenvalue weighted by atomic mass is 10.0. The molecule has 0 aliphatic heterocycles. The summed E-state index contributed by atoms with van der Waals surface area (Å²) >= 11 is 0. The molecule has 0 bridgehead atoms. The van der Waals surface area contributed by atoms with Crippen LogP contribution in [0.1, 0.15) is 32.1 Å². The van der Waals surface area contributed by atoms with Crippen molar-refractivity contribution in [2.45, 2.75) is 32.1 Å². The maximum absolute atomic E-state index is 11.7. The first-order valence-corrected chi connectivity index (χ1v) is 5.99. The molecule has 0 N–H and O–H groups in total. The lowest BCUT2D eigenvalue weighted by Crippen LogP contribution is -2.21. The van der Waals surface area contributed by atoms with E-state index in [2.05, 4.69) is 11.3 Å². The summed E-state index contributed by atoms with van der Waals surface area (Å²) in [6.45, 7) is 3.20. The molecular formula is C13H18O5. The molecule has 0 spiro atoms. The predicted molar refractivity (Wildman–Crippen MR) is 63.7 cm³/mol. The number of hydrogen-bond acceptors (Lipinski definition) is 5. The van der Waals surface area contributed by atoms with E-state index in [1.165, 1.54) is 7.11 Å². The molecule has 0 saturated heterocycles. The molecule has 1 aliphatic carbocycles. The Balaban J connectivity index is 2.29. The van der Waals surface area contributed by atoms with Crippen LogP contribution in [0.4, 0.5) is 0 Å². The van der Waals surface area contributed by atoms with E-state index in [1.54, 1.807) is 0 Å². The van der Waals surface area contributed by atoms with Gasteiger partial charge in [0.05, 0.1) is 13.5 Å². The third-order valence-corrected chi connectivity index (χ3v) is 3.03. The normalized spacial score (nSPS) is 15.2. The number of carbonyl (C=O) groups excluding carboxylic acids is 3. The number of methoxy groups -OCH3 is 1. The van der Waals surface area contributed by atoms with Gasteiger partial charge in [-0.1, -0.05) is 19.4 Å². The van der Waals surface area contributed by atoms with Crippen molar-refractivity contribution in [3.63, 3.8) is 0 Å². The van der Waals surface area contributed by atoms with Gasteiger partial charge in [0.1, 0.15) is 0 Å². The van der Waals surface area contributed by atoms with Gasteiger partial charge in [-0.2, -0.15) is 0 Å². The van der Waals surface area contributed by atoms with Crippen LogP contribution in [0.25, 0.3) is 0 Å². The van der Waals surface area contributed by atoms with Gasteiger partial charge in [-0.05, 0) is 12.8 Å². The molecule has 1 saturated carbocycles. The minimum absolute atomic E-state index is 0.000993. The molecule has 1 aliphatic rings. The van der Waals surface area contributed by atoms with Crippen LogP contribution in [0.5, 0.6) is 0 Å². The van der Waals surface area contributed by atoms with Gasteiger partial charge >= 0.3 is 11.9 Å². The van der Waals surface area contributed by atoms with Gasteiger partial charge in [0.2, 0.25) is 0 Å². The fourth-order valence-corrected chi connectivity index (χ4v) is 1.92. The largest absolute Gasteiger partial charge is 0.469 e. The van der Waals surface area contributed by atoms with Gasteiger partial charge in [0, 0.05) is 11.5 Å². The van der Waals surface area contributed by atoms with Crippen LogP contribution in [0.15, 0.2) is 12.2 Å². The molecule has 0 atom stereocenters. The van der Waals surface area contributed by atoms with Gasteiger partial charge in [0.15, 0.2) is 12.4 Å². The second-order valence-corrected chi connectivity index (χ2v) is 4.38. The number of Topliss-reactive ketones (excluding diaryl/α,β-unsaturated/α-hetero) is 1. The Morgan fingerprint density at radius 1 is 1.22 bits per heavy atom. The SMILES string of the molecule is C=C(CC(=O)OC)C(=O)OCC(=O)C1CCCC1. The molecule has 18 heavy (non-hydrogen) atoms. The number of ether oxygens (including phenoxy) is 2. The van der Waals surface area contributed by atoms with Crippen molar-refractivity contribution < 1.29 is 23.9 Å². The molecule has 1 fully saturated rings. The van der Waals surface area contributed by atoms with E-state index in [1.807, 2.05) is 0 Å². The number of ketones is 1. The molecule has 100 valence electrons. The number of hydrogen-bond donors (Lipinski definition) is 0. The number of carbonyl (C=O) groups is 3. The molecule has 0 aromatic rings. The third kappa shape index (κ3) is 4.31. The fourth-order valence-electron chi connectivity index (χ4n) is 1.92. The first-order valence-electron chi connectivity index (χ1n) is 5.99. The Morgan fingerprint density at radius 3 is 2.39 bits per heavy atom. The maximum atomic E-state index is 11.7. The first kappa shape index (κ1) is 14.4. The van der Waals surface area contributed by atoms with Crippen molar-refractivity contribution >= 4 is 17.7 Å². The predicted octanol–water partition coefficient (Wildman–Crippen LogP) is 1.41. The summed E-state index contributed by atoms with van der Waals surface area (Å²) in [6.07, 6.45) is 3.64. The van der Waals surface area contributed by atoms with E-state index in [0.717, 1.165) is 25.7 Å². The van der Waals surface area contributed by atoms with Gasteiger partial charge in [-0.15, -0.1) is 0 Å².